The van der Waals surface area contributed by atoms with Gasteiger partial charge in [0.1, 0.15) is 0 Å². The molecule has 0 aromatic carbocycles. The van der Waals surface area contributed by atoms with Gasteiger partial charge >= 0.3 is 53.4 Å². The second-order valence-corrected chi connectivity index (χ2v) is 7.02. The van der Waals surface area contributed by atoms with Crippen LogP contribution in [0.25, 0.3) is 0 Å². The molecule has 0 aromatic rings. The Balaban J connectivity index is -0.000000259. The fourth-order valence-electron chi connectivity index (χ4n) is 2.05. The largest absolute Gasteiger partial charge is 1.00 e. The Bertz CT molecular complexity index is 643. The van der Waals surface area contributed by atoms with Gasteiger partial charge in [-0.25, -0.2) is 0 Å². The number of unbranched alkanes of at least 4 members (excludes halogenated alkanes) is 2. The molecule has 1 rings (SSSR count). The number of carboxylic acid groups (broad SMARTS) is 2. The summed E-state index contributed by atoms with van der Waals surface area (Å²) in [5.74, 6) is -3.43. The molecule has 0 aromatic heterocycles. The molecule has 0 bridgehead atoms. The van der Waals surface area contributed by atoms with E-state index in [0.717, 1.165) is 25.9 Å². The van der Waals surface area contributed by atoms with Crippen molar-refractivity contribution in [1.29, 1.82) is 0 Å². The van der Waals surface area contributed by atoms with Crippen LogP contribution in [0.3, 0.4) is 0 Å². The fourth-order valence-corrected chi connectivity index (χ4v) is 2.05. The van der Waals surface area contributed by atoms with E-state index in [0.29, 0.717) is 25.9 Å². The number of carboxylic acids is 2. The molecule has 1 saturated heterocycles. The minimum Gasteiger partial charge on any atom is -0.662 e. The van der Waals surface area contributed by atoms with Gasteiger partial charge in [-0.05, 0) is 38.8 Å². The zero-order chi connectivity index (χ0) is 28.9. The third kappa shape index (κ3) is 40.5. The van der Waals surface area contributed by atoms with E-state index in [1.165, 1.54) is 0 Å². The summed E-state index contributed by atoms with van der Waals surface area (Å²) < 4.78 is 4.08. The average molecular weight is 561 g/mol. The molecule has 0 unspecified atom stereocenters. The van der Waals surface area contributed by atoms with Crippen LogP contribution in [-0.4, -0.2) is 78.6 Å². The van der Waals surface area contributed by atoms with Crippen LogP contribution in [0.1, 0.15) is 64.2 Å². The molecule has 0 radical (unpaired) electrons. The van der Waals surface area contributed by atoms with Gasteiger partial charge in [0.2, 0.25) is 11.8 Å². The van der Waals surface area contributed by atoms with Gasteiger partial charge in [-0.15, -0.1) is 0 Å². The number of nitrogens with one attached hydrogen (secondary N) is 2. The molecule has 1 aliphatic heterocycles. The number of hydrogen-bond acceptors (Lipinski definition) is 12. The number of cyclic esters (lactones) is 2. The predicted molar refractivity (Wildman–Crippen MR) is 124 cm³/mol. The molecule has 2 amide bonds. The quantitative estimate of drug-likeness (QED) is 0.0208. The van der Waals surface area contributed by atoms with Crippen molar-refractivity contribution in [2.75, 3.05) is 26.2 Å². The fraction of sp³-hybridized carbons (Fsp3) is 0.667. The predicted octanol–water partition coefficient (Wildman–Crippen LogP) is -5.30. The summed E-state index contributed by atoms with van der Waals surface area (Å²) in [6.45, 7) is 2.21. The molecule has 0 aliphatic carbocycles. The normalized spacial score (nSPS) is 10.8. The van der Waals surface area contributed by atoms with E-state index in [1.54, 1.807) is 0 Å². The van der Waals surface area contributed by atoms with Crippen LogP contribution in [0.2, 0.25) is 0 Å². The zero-order valence-electron chi connectivity index (χ0n) is 21.6. The van der Waals surface area contributed by atoms with Crippen LogP contribution in [-0.2, 0) is 43.2 Å². The molecule has 1 aliphatic rings. The van der Waals surface area contributed by atoms with Gasteiger partial charge in [0.05, 0.1) is 25.7 Å². The summed E-state index contributed by atoms with van der Waals surface area (Å²) in [7, 11) is 0. The van der Waals surface area contributed by atoms with E-state index in [1.807, 2.05) is 0 Å². The van der Waals surface area contributed by atoms with Crippen LogP contribution >= 0.6 is 0 Å². The van der Waals surface area contributed by atoms with E-state index in [4.69, 9.17) is 31.7 Å². The molecule has 8 N–H and O–H groups in total. The van der Waals surface area contributed by atoms with Crippen LogP contribution in [0.5, 0.6) is 0 Å². The second kappa shape index (κ2) is 32.4. The van der Waals surface area contributed by atoms with E-state index >= 15 is 0 Å². The maximum Gasteiger partial charge on any atom is 1.00 e. The van der Waals surface area contributed by atoms with Crippen LogP contribution in [0, 0.1) is 0 Å². The molecule has 214 valence electrons. The third-order valence-electron chi connectivity index (χ3n) is 3.84. The van der Waals surface area contributed by atoms with E-state index in [-0.39, 0.29) is 86.4 Å². The first-order chi connectivity index (χ1) is 17.5. The van der Waals surface area contributed by atoms with E-state index < -0.39 is 23.9 Å². The first kappa shape index (κ1) is 42.5. The van der Waals surface area contributed by atoms with Crippen LogP contribution in [0.4, 0.5) is 0 Å². The Morgan fingerprint density at radius 2 is 1.16 bits per heavy atom. The first-order valence-corrected chi connectivity index (χ1v) is 11.4. The summed E-state index contributed by atoms with van der Waals surface area (Å²) in [4.78, 5) is 74.0. The molecule has 0 atom stereocenters. The SMILES string of the molecule is NCCCCN.O=C(O)CCC(=O)NCCCCNC(=O)CCC(=O)O.O=C1CCC(=O)O1.O=CO[O-].[Na+]. The number of nitrogens with two attached hydrogens (primary N) is 2. The van der Waals surface area contributed by atoms with Gasteiger partial charge < -0.3 is 47.2 Å². The minimum absolute atomic E-state index is 0. The summed E-state index contributed by atoms with van der Waals surface area (Å²) in [6.07, 6.45) is 3.50. The summed E-state index contributed by atoms with van der Waals surface area (Å²) in [6, 6.07) is 0. The van der Waals surface area contributed by atoms with Gasteiger partial charge in [0.25, 0.3) is 6.47 Å². The molecular formula is C21H37N4NaO12. The van der Waals surface area contributed by atoms with Gasteiger partial charge in [-0.1, -0.05) is 0 Å². The van der Waals surface area contributed by atoms with Crippen molar-refractivity contribution in [2.24, 2.45) is 11.5 Å². The van der Waals surface area contributed by atoms with Gasteiger partial charge in [-0.3, -0.25) is 33.6 Å². The Morgan fingerprint density at radius 3 is 1.37 bits per heavy atom. The van der Waals surface area contributed by atoms with Crippen LogP contribution < -0.4 is 56.9 Å². The van der Waals surface area contributed by atoms with Crippen molar-refractivity contribution in [1.82, 2.24) is 10.6 Å². The number of ether oxygens (including phenoxy) is 1. The van der Waals surface area contributed by atoms with Crippen molar-refractivity contribution in [3.8, 4) is 0 Å². The molecule has 1 fully saturated rings. The molecule has 16 nitrogen and oxygen atoms in total. The number of carbonyl (C=O) groups is 7. The molecule has 38 heavy (non-hydrogen) atoms. The third-order valence-corrected chi connectivity index (χ3v) is 3.84. The number of esters is 2. The number of hydrogen-bond donors (Lipinski definition) is 6. The van der Waals surface area contributed by atoms with Gasteiger partial charge in [-0.2, -0.15) is 0 Å². The second-order valence-electron chi connectivity index (χ2n) is 7.02. The Kier molecular flexibility index (Phi) is 36.2. The van der Waals surface area contributed by atoms with E-state index in [9.17, 15) is 28.8 Å². The molecule has 0 saturated carbocycles. The van der Waals surface area contributed by atoms with Crippen molar-refractivity contribution < 1.29 is 88.2 Å². The monoisotopic (exact) mass is 560 g/mol. The summed E-state index contributed by atoms with van der Waals surface area (Å²) in [5, 5.41) is 30.3. The topological polar surface area (TPSA) is 278 Å². The standard InChI is InChI=1S/C12H20N2O6.C4H12N2.C4H4O3.CH2O3.Na/c15-9(3-5-11(17)18)13-7-1-2-8-14-10(16)4-6-12(19)20;5-3-1-2-4-6;5-3-1-2-4(6)7-3;2-1-4-3;/h1-8H2,(H,13,15)(H,14,16)(H,17,18)(H,19,20);1-6H2;1-2H2;1,3H;/q;;;;+1/p-1. The minimum atomic E-state index is -1.01. The Hall–Kier alpha value is -2.63. The number of carbonyl (C=O) groups excluding carboxylic acids is 5. The Morgan fingerprint density at radius 1 is 0.816 bits per heavy atom. The van der Waals surface area contributed by atoms with Crippen molar-refractivity contribution in [2.45, 2.75) is 64.2 Å². The zero-order valence-corrected chi connectivity index (χ0v) is 23.6. The first-order valence-electron chi connectivity index (χ1n) is 11.4. The number of rotatable bonds is 15. The summed E-state index contributed by atoms with van der Waals surface area (Å²) in [5.41, 5.74) is 10.3. The van der Waals surface area contributed by atoms with E-state index in [2.05, 4.69) is 20.3 Å². The van der Waals surface area contributed by atoms with Gasteiger partial charge in [0.15, 0.2) is 0 Å². The Labute approximate surface area is 242 Å². The molecular weight excluding hydrogens is 523 g/mol. The molecule has 0 spiro atoms. The molecule has 1 heterocycles. The summed E-state index contributed by atoms with van der Waals surface area (Å²) >= 11 is 0. The van der Waals surface area contributed by atoms with Crippen molar-refractivity contribution in [3.05, 3.63) is 0 Å². The van der Waals surface area contributed by atoms with Crippen molar-refractivity contribution in [3.63, 3.8) is 0 Å². The van der Waals surface area contributed by atoms with Crippen LogP contribution in [0.15, 0.2) is 0 Å². The van der Waals surface area contributed by atoms with Crippen molar-refractivity contribution >= 4 is 42.2 Å². The maximum absolute atomic E-state index is 11.1. The average Bonchev–Trinajstić information content (AvgIpc) is 3.25. The number of amides is 2. The maximum atomic E-state index is 11.1. The van der Waals surface area contributed by atoms with Gasteiger partial charge in [0, 0.05) is 25.9 Å². The number of aliphatic carboxylic acids is 2. The molecule has 17 heteroatoms. The smallest absolute Gasteiger partial charge is 0.662 e.